The fourth-order valence-corrected chi connectivity index (χ4v) is 2.72. The Labute approximate surface area is 118 Å². The minimum Gasteiger partial charge on any atom is -0.324 e. The number of fused-ring (bicyclic) bond motifs is 1. The van der Waals surface area contributed by atoms with Gasteiger partial charge in [0.25, 0.3) is 0 Å². The molecule has 0 spiro atoms. The van der Waals surface area contributed by atoms with Gasteiger partial charge in [0.05, 0.1) is 16.4 Å². The lowest BCUT2D eigenvalue weighted by atomic mass is 10.1. The van der Waals surface area contributed by atoms with Crippen molar-refractivity contribution in [3.05, 3.63) is 29.0 Å². The first-order chi connectivity index (χ1) is 8.58. The van der Waals surface area contributed by atoms with E-state index < -0.39 is 0 Å². The molecular weight excluding hydrogens is 267 g/mol. The fourth-order valence-electron chi connectivity index (χ4n) is 2.40. The lowest BCUT2D eigenvalue weighted by Gasteiger charge is -2.19. The summed E-state index contributed by atoms with van der Waals surface area (Å²) in [5, 5.41) is 0.639. The predicted molar refractivity (Wildman–Crippen MR) is 78.6 cm³/mol. The highest BCUT2D eigenvalue weighted by Crippen LogP contribution is 2.31. The van der Waals surface area contributed by atoms with E-state index in [0.717, 1.165) is 34.7 Å². The van der Waals surface area contributed by atoms with Crippen LogP contribution in [-0.4, -0.2) is 9.55 Å². The molecule has 2 rings (SSSR count). The van der Waals surface area contributed by atoms with Crippen molar-refractivity contribution in [3.8, 4) is 0 Å². The number of hydrogen-bond acceptors (Lipinski definition) is 1. The monoisotopic (exact) mass is 284 g/mol. The Morgan fingerprint density at radius 3 is 2.50 bits per heavy atom. The standard InChI is InChI=1S/C14H18Cl2N2/c1-4-11(5-2)18-13-8-10(16)6-7-12(13)17-14(18)9(3)15/h6-9,11H,4-5H2,1-3H3. The average Bonchev–Trinajstić information content (AvgIpc) is 2.70. The molecule has 98 valence electrons. The minimum absolute atomic E-state index is 0.100. The van der Waals surface area contributed by atoms with Crippen molar-refractivity contribution in [3.63, 3.8) is 0 Å². The van der Waals surface area contributed by atoms with E-state index in [4.69, 9.17) is 23.2 Å². The number of aromatic nitrogens is 2. The molecule has 0 saturated carbocycles. The highest BCUT2D eigenvalue weighted by atomic mass is 35.5. The van der Waals surface area contributed by atoms with Crippen LogP contribution in [-0.2, 0) is 0 Å². The number of halogens is 2. The van der Waals surface area contributed by atoms with E-state index in [9.17, 15) is 0 Å². The molecule has 1 aromatic heterocycles. The Hall–Kier alpha value is -0.730. The topological polar surface area (TPSA) is 17.8 Å². The maximum atomic E-state index is 6.26. The molecule has 18 heavy (non-hydrogen) atoms. The van der Waals surface area contributed by atoms with Crippen LogP contribution in [0.5, 0.6) is 0 Å². The Morgan fingerprint density at radius 1 is 1.28 bits per heavy atom. The molecule has 1 atom stereocenters. The number of imidazole rings is 1. The van der Waals surface area contributed by atoms with Crippen molar-refractivity contribution < 1.29 is 0 Å². The Balaban J connectivity index is 2.71. The molecule has 0 aliphatic rings. The number of benzene rings is 1. The van der Waals surface area contributed by atoms with Gasteiger partial charge in [0, 0.05) is 11.1 Å². The zero-order chi connectivity index (χ0) is 13.3. The maximum Gasteiger partial charge on any atom is 0.127 e. The van der Waals surface area contributed by atoms with Crippen LogP contribution in [0.25, 0.3) is 11.0 Å². The van der Waals surface area contributed by atoms with E-state index in [-0.39, 0.29) is 5.38 Å². The summed E-state index contributed by atoms with van der Waals surface area (Å²) in [5.74, 6) is 0.933. The van der Waals surface area contributed by atoms with Gasteiger partial charge in [0.2, 0.25) is 0 Å². The van der Waals surface area contributed by atoms with Crippen LogP contribution in [0.2, 0.25) is 5.02 Å². The van der Waals surface area contributed by atoms with Crippen molar-refractivity contribution >= 4 is 34.2 Å². The summed E-state index contributed by atoms with van der Waals surface area (Å²) in [6, 6.07) is 6.23. The van der Waals surface area contributed by atoms with Gasteiger partial charge in [-0.1, -0.05) is 25.4 Å². The summed E-state index contributed by atoms with van der Waals surface area (Å²) in [4.78, 5) is 4.64. The molecule has 2 nitrogen and oxygen atoms in total. The zero-order valence-corrected chi connectivity index (χ0v) is 12.5. The van der Waals surface area contributed by atoms with Gasteiger partial charge in [-0.3, -0.25) is 0 Å². The summed E-state index contributed by atoms with van der Waals surface area (Å²) >= 11 is 12.4. The van der Waals surface area contributed by atoms with Crippen LogP contribution < -0.4 is 0 Å². The summed E-state index contributed by atoms with van der Waals surface area (Å²) in [5.41, 5.74) is 2.05. The van der Waals surface area contributed by atoms with Gasteiger partial charge in [0.1, 0.15) is 5.82 Å². The molecule has 0 saturated heterocycles. The molecule has 0 N–H and O–H groups in total. The van der Waals surface area contributed by atoms with Crippen molar-refractivity contribution in [1.29, 1.82) is 0 Å². The number of alkyl halides is 1. The quantitative estimate of drug-likeness (QED) is 0.692. The molecule has 1 aromatic carbocycles. The van der Waals surface area contributed by atoms with Crippen LogP contribution in [0.3, 0.4) is 0 Å². The highest BCUT2D eigenvalue weighted by molar-refractivity contribution is 6.31. The highest BCUT2D eigenvalue weighted by Gasteiger charge is 2.19. The van der Waals surface area contributed by atoms with Gasteiger partial charge in [-0.2, -0.15) is 0 Å². The first-order valence-electron chi connectivity index (χ1n) is 6.39. The average molecular weight is 285 g/mol. The second-order valence-electron chi connectivity index (χ2n) is 4.56. The third-order valence-corrected chi connectivity index (χ3v) is 3.77. The minimum atomic E-state index is -0.100. The zero-order valence-electron chi connectivity index (χ0n) is 11.0. The van der Waals surface area contributed by atoms with Gasteiger partial charge < -0.3 is 4.57 Å². The second kappa shape index (κ2) is 5.50. The van der Waals surface area contributed by atoms with Crippen LogP contribution in [0.4, 0.5) is 0 Å². The molecule has 4 heteroatoms. The van der Waals surface area contributed by atoms with Crippen LogP contribution in [0, 0.1) is 0 Å². The van der Waals surface area contributed by atoms with Gasteiger partial charge in [0.15, 0.2) is 0 Å². The fraction of sp³-hybridized carbons (Fsp3) is 0.500. The van der Waals surface area contributed by atoms with E-state index in [0.29, 0.717) is 6.04 Å². The first kappa shape index (κ1) is 13.7. The van der Waals surface area contributed by atoms with Crippen molar-refractivity contribution in [1.82, 2.24) is 9.55 Å². The van der Waals surface area contributed by atoms with Gasteiger partial charge >= 0.3 is 0 Å². The van der Waals surface area contributed by atoms with Crippen LogP contribution in [0.15, 0.2) is 18.2 Å². The summed E-state index contributed by atoms with van der Waals surface area (Å²) in [7, 11) is 0. The SMILES string of the molecule is CCC(CC)n1c(C(C)Cl)nc2ccc(Cl)cc21. The molecule has 0 amide bonds. The molecule has 0 fully saturated rings. The largest absolute Gasteiger partial charge is 0.324 e. The number of hydrogen-bond donors (Lipinski definition) is 0. The van der Waals surface area contributed by atoms with Crippen LogP contribution >= 0.6 is 23.2 Å². The molecule has 2 aromatic rings. The molecule has 0 aliphatic heterocycles. The van der Waals surface area contributed by atoms with E-state index in [1.807, 2.05) is 25.1 Å². The number of rotatable bonds is 4. The molecule has 0 radical (unpaired) electrons. The molecule has 1 unspecified atom stereocenters. The Kier molecular flexibility index (Phi) is 4.18. The second-order valence-corrected chi connectivity index (χ2v) is 5.65. The maximum absolute atomic E-state index is 6.26. The predicted octanol–water partition coefficient (Wildman–Crippen LogP) is 5.35. The molecule has 0 bridgehead atoms. The van der Waals surface area contributed by atoms with E-state index in [1.165, 1.54) is 0 Å². The van der Waals surface area contributed by atoms with Gasteiger partial charge in [-0.15, -0.1) is 11.6 Å². The Bertz CT molecular complexity index is 542. The summed E-state index contributed by atoms with van der Waals surface area (Å²) < 4.78 is 2.25. The van der Waals surface area contributed by atoms with E-state index >= 15 is 0 Å². The third kappa shape index (κ3) is 2.36. The Morgan fingerprint density at radius 2 is 1.94 bits per heavy atom. The van der Waals surface area contributed by atoms with Crippen molar-refractivity contribution in [2.75, 3.05) is 0 Å². The van der Waals surface area contributed by atoms with E-state index in [2.05, 4.69) is 23.4 Å². The molecular formula is C14H18Cl2N2. The first-order valence-corrected chi connectivity index (χ1v) is 7.21. The molecule has 0 aliphatic carbocycles. The van der Waals surface area contributed by atoms with E-state index in [1.54, 1.807) is 0 Å². The van der Waals surface area contributed by atoms with Gasteiger partial charge in [-0.25, -0.2) is 4.98 Å². The lowest BCUT2D eigenvalue weighted by Crippen LogP contribution is -2.11. The smallest absolute Gasteiger partial charge is 0.127 e. The normalized spacial score (nSPS) is 13.4. The van der Waals surface area contributed by atoms with Crippen LogP contribution in [0.1, 0.15) is 50.9 Å². The summed E-state index contributed by atoms with van der Waals surface area (Å²) in [6.07, 6.45) is 2.12. The van der Waals surface area contributed by atoms with Gasteiger partial charge in [-0.05, 0) is 38.0 Å². The summed E-state index contributed by atoms with van der Waals surface area (Å²) in [6.45, 7) is 6.34. The number of nitrogens with zero attached hydrogens (tertiary/aromatic N) is 2. The van der Waals surface area contributed by atoms with Crippen molar-refractivity contribution in [2.24, 2.45) is 0 Å². The third-order valence-electron chi connectivity index (χ3n) is 3.34. The van der Waals surface area contributed by atoms with Crippen molar-refractivity contribution in [2.45, 2.75) is 45.0 Å². The molecule has 1 heterocycles. The lowest BCUT2D eigenvalue weighted by molar-refractivity contribution is 0.466.